The Balaban J connectivity index is 1.66. The number of imide groups is 1. The molecule has 1 N–H and O–H groups in total. The number of nitrogens with zero attached hydrogens (tertiary/aromatic N) is 2. The molecule has 0 radical (unpaired) electrons. The molecule has 0 saturated carbocycles. The topological polar surface area (TPSA) is 70.1 Å². The molecule has 0 aliphatic carbocycles. The average molecular weight is 414 g/mol. The third-order valence-corrected chi connectivity index (χ3v) is 6.21. The van der Waals surface area contributed by atoms with Gasteiger partial charge in [-0.15, -0.1) is 0 Å². The standard InChI is InChI=1S/C25H22N2O4/c1-16-12-14-17(15-13-16)26-23(29)22-25(2,24(26)30)21(19-10-6-7-11-20(19)28)27(31-22)18-8-4-3-5-9-18/h3-15,21-22,28H,1-2H3/t21-,22+,25-/m1/s1. The molecule has 2 heterocycles. The van der Waals surface area contributed by atoms with Crippen molar-refractivity contribution in [2.75, 3.05) is 9.96 Å². The summed E-state index contributed by atoms with van der Waals surface area (Å²) in [7, 11) is 0. The monoisotopic (exact) mass is 414 g/mol. The van der Waals surface area contributed by atoms with Gasteiger partial charge >= 0.3 is 0 Å². The summed E-state index contributed by atoms with van der Waals surface area (Å²) in [4.78, 5) is 34.6. The Hall–Kier alpha value is -3.64. The number of phenols is 1. The zero-order valence-corrected chi connectivity index (χ0v) is 17.2. The number of hydrogen-bond donors (Lipinski definition) is 1. The lowest BCUT2D eigenvalue weighted by atomic mass is 9.76. The summed E-state index contributed by atoms with van der Waals surface area (Å²) < 4.78 is 0. The first-order valence-electron chi connectivity index (χ1n) is 10.2. The molecule has 0 unspecified atom stereocenters. The molecule has 2 aliphatic heterocycles. The normalized spacial score (nSPS) is 25.2. The van der Waals surface area contributed by atoms with Crippen molar-refractivity contribution in [3.05, 3.63) is 90.0 Å². The quantitative estimate of drug-likeness (QED) is 0.653. The fourth-order valence-corrected chi connectivity index (χ4v) is 4.55. The van der Waals surface area contributed by atoms with E-state index < -0.39 is 23.5 Å². The van der Waals surface area contributed by atoms with Crippen LogP contribution in [0.5, 0.6) is 5.75 Å². The Morgan fingerprint density at radius 3 is 2.19 bits per heavy atom. The molecule has 0 spiro atoms. The molecular formula is C25H22N2O4. The van der Waals surface area contributed by atoms with E-state index in [0.717, 1.165) is 5.56 Å². The molecule has 156 valence electrons. The second-order valence-electron chi connectivity index (χ2n) is 8.21. The van der Waals surface area contributed by atoms with Crippen LogP contribution in [0.15, 0.2) is 78.9 Å². The van der Waals surface area contributed by atoms with Crippen LogP contribution in [0.2, 0.25) is 0 Å². The third-order valence-electron chi connectivity index (χ3n) is 6.21. The van der Waals surface area contributed by atoms with E-state index in [9.17, 15) is 14.7 Å². The number of carbonyl (C=O) groups excluding carboxylic acids is 2. The first-order chi connectivity index (χ1) is 14.9. The molecule has 6 heteroatoms. The highest BCUT2D eigenvalue weighted by atomic mass is 16.7. The number of hydroxylamine groups is 1. The Bertz CT molecular complexity index is 1160. The van der Waals surface area contributed by atoms with Crippen LogP contribution in [0.4, 0.5) is 11.4 Å². The van der Waals surface area contributed by atoms with E-state index in [2.05, 4.69) is 0 Å². The van der Waals surface area contributed by atoms with Gasteiger partial charge in [0.15, 0.2) is 6.10 Å². The predicted molar refractivity (Wildman–Crippen MR) is 116 cm³/mol. The van der Waals surface area contributed by atoms with Crippen LogP contribution < -0.4 is 9.96 Å². The van der Waals surface area contributed by atoms with Gasteiger partial charge in [0.1, 0.15) is 17.2 Å². The van der Waals surface area contributed by atoms with Crippen LogP contribution in [0, 0.1) is 12.3 Å². The van der Waals surface area contributed by atoms with Crippen molar-refractivity contribution < 1.29 is 19.5 Å². The predicted octanol–water partition coefficient (Wildman–Crippen LogP) is 4.14. The molecule has 2 saturated heterocycles. The Morgan fingerprint density at radius 2 is 1.52 bits per heavy atom. The van der Waals surface area contributed by atoms with Crippen LogP contribution in [0.1, 0.15) is 24.1 Å². The van der Waals surface area contributed by atoms with Gasteiger partial charge in [-0.2, -0.15) is 0 Å². The molecule has 5 rings (SSSR count). The number of para-hydroxylation sites is 2. The largest absolute Gasteiger partial charge is 0.508 e. The summed E-state index contributed by atoms with van der Waals surface area (Å²) >= 11 is 0. The molecule has 2 fully saturated rings. The minimum Gasteiger partial charge on any atom is -0.508 e. The first-order valence-corrected chi connectivity index (χ1v) is 10.2. The van der Waals surface area contributed by atoms with Gasteiger partial charge in [-0.05, 0) is 44.2 Å². The summed E-state index contributed by atoms with van der Waals surface area (Å²) in [6, 6.07) is 22.7. The maximum absolute atomic E-state index is 13.8. The van der Waals surface area contributed by atoms with E-state index in [1.165, 1.54) is 4.90 Å². The molecule has 2 aliphatic rings. The molecule has 6 nitrogen and oxygen atoms in total. The zero-order chi connectivity index (χ0) is 21.8. The van der Waals surface area contributed by atoms with E-state index in [1.54, 1.807) is 48.4 Å². The van der Waals surface area contributed by atoms with E-state index in [0.29, 0.717) is 16.9 Å². The van der Waals surface area contributed by atoms with Crippen LogP contribution in [-0.4, -0.2) is 23.0 Å². The molecule has 0 bridgehead atoms. The fraction of sp³-hybridized carbons (Fsp3) is 0.200. The zero-order valence-electron chi connectivity index (χ0n) is 17.2. The number of rotatable bonds is 3. The molecule has 3 aromatic carbocycles. The van der Waals surface area contributed by atoms with Crippen LogP contribution in [0.3, 0.4) is 0 Å². The number of fused-ring (bicyclic) bond motifs is 1. The highest BCUT2D eigenvalue weighted by molar-refractivity contribution is 6.25. The van der Waals surface area contributed by atoms with Crippen LogP contribution in [0.25, 0.3) is 0 Å². The summed E-state index contributed by atoms with van der Waals surface area (Å²) in [6.07, 6.45) is -1.01. The van der Waals surface area contributed by atoms with Crippen molar-refractivity contribution in [2.45, 2.75) is 26.0 Å². The maximum atomic E-state index is 13.8. The lowest BCUT2D eigenvalue weighted by Gasteiger charge is -2.33. The van der Waals surface area contributed by atoms with Gasteiger partial charge in [0.25, 0.3) is 5.91 Å². The van der Waals surface area contributed by atoms with Crippen molar-refractivity contribution in [3.63, 3.8) is 0 Å². The van der Waals surface area contributed by atoms with Gasteiger partial charge in [-0.25, -0.2) is 9.96 Å². The summed E-state index contributed by atoms with van der Waals surface area (Å²) in [5.41, 5.74) is 1.56. The summed E-state index contributed by atoms with van der Waals surface area (Å²) in [6.45, 7) is 3.69. The number of benzene rings is 3. The fourth-order valence-electron chi connectivity index (χ4n) is 4.55. The van der Waals surface area contributed by atoms with Crippen molar-refractivity contribution in [2.24, 2.45) is 5.41 Å². The molecule has 0 aromatic heterocycles. The van der Waals surface area contributed by atoms with Crippen LogP contribution in [-0.2, 0) is 14.4 Å². The highest BCUT2D eigenvalue weighted by Gasteiger charge is 2.69. The first kappa shape index (κ1) is 19.3. The van der Waals surface area contributed by atoms with Crippen LogP contribution >= 0.6 is 0 Å². The van der Waals surface area contributed by atoms with Gasteiger partial charge in [-0.1, -0.05) is 54.1 Å². The lowest BCUT2D eigenvalue weighted by molar-refractivity contribution is -0.128. The van der Waals surface area contributed by atoms with Gasteiger partial charge in [0.2, 0.25) is 5.91 Å². The second kappa shape index (κ2) is 6.96. The number of aromatic hydroxyl groups is 1. The second-order valence-corrected chi connectivity index (χ2v) is 8.21. The van der Waals surface area contributed by atoms with Gasteiger partial charge in [-0.3, -0.25) is 14.4 Å². The summed E-state index contributed by atoms with van der Waals surface area (Å²) in [5.74, 6) is -0.707. The number of carbonyl (C=O) groups is 2. The highest BCUT2D eigenvalue weighted by Crippen LogP contribution is 2.56. The minimum absolute atomic E-state index is 0.0490. The smallest absolute Gasteiger partial charge is 0.266 e. The number of anilines is 2. The summed E-state index contributed by atoms with van der Waals surface area (Å²) in [5, 5.41) is 12.2. The third kappa shape index (κ3) is 2.75. The van der Waals surface area contributed by atoms with Crippen molar-refractivity contribution in [1.82, 2.24) is 0 Å². The van der Waals surface area contributed by atoms with E-state index in [4.69, 9.17) is 4.84 Å². The van der Waals surface area contributed by atoms with Crippen molar-refractivity contribution in [1.29, 1.82) is 0 Å². The van der Waals surface area contributed by atoms with Crippen molar-refractivity contribution >= 4 is 23.2 Å². The van der Waals surface area contributed by atoms with E-state index in [-0.39, 0.29) is 11.7 Å². The van der Waals surface area contributed by atoms with Gasteiger partial charge in [0.05, 0.1) is 11.4 Å². The minimum atomic E-state index is -1.23. The van der Waals surface area contributed by atoms with Crippen molar-refractivity contribution in [3.8, 4) is 5.75 Å². The number of aryl methyl sites for hydroxylation is 1. The SMILES string of the molecule is Cc1ccc(N2C(=O)[C@@H]3ON(c4ccccc4)[C@H](c4ccccc4O)[C@@]3(C)C2=O)cc1. The molecule has 3 atom stereocenters. The van der Waals surface area contributed by atoms with Gasteiger partial charge in [0, 0.05) is 5.56 Å². The number of amides is 2. The Morgan fingerprint density at radius 1 is 0.871 bits per heavy atom. The Kier molecular flexibility index (Phi) is 4.34. The van der Waals surface area contributed by atoms with Gasteiger partial charge < -0.3 is 5.11 Å². The number of phenolic OH excluding ortho intramolecular Hbond substituents is 1. The van der Waals surface area contributed by atoms with E-state index in [1.807, 2.05) is 49.4 Å². The van der Waals surface area contributed by atoms with E-state index >= 15 is 0 Å². The number of hydrogen-bond acceptors (Lipinski definition) is 5. The molecule has 31 heavy (non-hydrogen) atoms. The average Bonchev–Trinajstić information content (AvgIpc) is 3.19. The molecular weight excluding hydrogens is 392 g/mol. The molecule has 3 aromatic rings. The molecule has 2 amide bonds. The lowest BCUT2D eigenvalue weighted by Crippen LogP contribution is -2.41. The Labute approximate surface area is 180 Å². The maximum Gasteiger partial charge on any atom is 0.266 e.